The number of nitrogens with zero attached hydrogens (tertiary/aromatic N) is 1. The highest BCUT2D eigenvalue weighted by atomic mass is 35.5. The molecule has 1 heterocycles. The zero-order valence-electron chi connectivity index (χ0n) is 7.54. The van der Waals surface area contributed by atoms with Gasteiger partial charge in [-0.2, -0.15) is 0 Å². The molecular weight excluding hydrogens is 192 g/mol. The molecular formula is C8H15ClN2O2. The summed E-state index contributed by atoms with van der Waals surface area (Å²) in [5.74, 6) is 0. The van der Waals surface area contributed by atoms with Crippen LogP contribution in [0.4, 0.5) is 0 Å². The van der Waals surface area contributed by atoms with Crippen molar-refractivity contribution in [2.24, 2.45) is 0 Å². The average Bonchev–Trinajstić information content (AvgIpc) is 2.19. The summed E-state index contributed by atoms with van der Waals surface area (Å²) in [6.45, 7) is 5.22. The smallest absolute Gasteiger partial charge is 0.0872 e. The fraction of sp³-hybridized carbons (Fsp3) is 0.750. The Labute approximate surface area is 83.4 Å². The molecule has 0 aromatic heterocycles. The van der Waals surface area contributed by atoms with Gasteiger partial charge < -0.3 is 4.74 Å². The second-order valence-electron chi connectivity index (χ2n) is 2.71. The Hall–Kier alpha value is -0.290. The lowest BCUT2D eigenvalue weighted by Crippen LogP contribution is -2.38. The summed E-state index contributed by atoms with van der Waals surface area (Å²) in [6, 6.07) is 0. The Kier molecular flexibility index (Phi) is 5.93. The first-order valence-corrected chi connectivity index (χ1v) is 4.80. The molecule has 0 amide bonds. The lowest BCUT2D eigenvalue weighted by atomic mass is 10.4. The van der Waals surface area contributed by atoms with Gasteiger partial charge in [0.25, 0.3) is 0 Å². The van der Waals surface area contributed by atoms with E-state index in [1.165, 1.54) is 5.54 Å². The number of morpholine rings is 1. The summed E-state index contributed by atoms with van der Waals surface area (Å²) in [7, 11) is 0. The van der Waals surface area contributed by atoms with Crippen LogP contribution in [0.25, 0.3) is 0 Å². The van der Waals surface area contributed by atoms with Crippen molar-refractivity contribution in [3.63, 3.8) is 0 Å². The van der Waals surface area contributed by atoms with Gasteiger partial charge >= 0.3 is 0 Å². The van der Waals surface area contributed by atoms with E-state index in [4.69, 9.17) is 21.2 Å². The molecule has 13 heavy (non-hydrogen) atoms. The van der Waals surface area contributed by atoms with E-state index < -0.39 is 0 Å². The van der Waals surface area contributed by atoms with Gasteiger partial charge in [0.1, 0.15) is 0 Å². The molecule has 4 nitrogen and oxygen atoms in total. The first-order chi connectivity index (χ1) is 6.43. The summed E-state index contributed by atoms with van der Waals surface area (Å²) < 4.78 is 5.22. The Bertz CT molecular complexity index is 149. The van der Waals surface area contributed by atoms with Crippen LogP contribution in [0.1, 0.15) is 0 Å². The molecule has 0 spiro atoms. The highest BCUT2D eigenvalue weighted by molar-refractivity contribution is 6.25. The van der Waals surface area contributed by atoms with Crippen molar-refractivity contribution in [2.75, 3.05) is 39.5 Å². The molecule has 0 unspecified atom stereocenters. The predicted octanol–water partition coefficient (Wildman–Crippen LogP) is 0.550. The number of rotatable bonds is 5. The van der Waals surface area contributed by atoms with Crippen molar-refractivity contribution in [1.29, 1.82) is 0 Å². The zero-order chi connectivity index (χ0) is 9.36. The van der Waals surface area contributed by atoms with Gasteiger partial charge in [-0.1, -0.05) is 11.6 Å². The summed E-state index contributed by atoms with van der Waals surface area (Å²) in [6.07, 6.45) is 1.54. The third-order valence-electron chi connectivity index (χ3n) is 1.83. The molecule has 5 heteroatoms. The van der Waals surface area contributed by atoms with Crippen LogP contribution in [0.3, 0.4) is 0 Å². The van der Waals surface area contributed by atoms with Gasteiger partial charge in [0, 0.05) is 31.4 Å². The van der Waals surface area contributed by atoms with Gasteiger partial charge in [-0.3, -0.25) is 15.2 Å². The molecule has 0 bridgehead atoms. The molecule has 76 valence electrons. The fourth-order valence-corrected chi connectivity index (χ4v) is 1.18. The van der Waals surface area contributed by atoms with Crippen LogP contribution in [0.15, 0.2) is 11.7 Å². The van der Waals surface area contributed by atoms with E-state index in [1.54, 1.807) is 6.20 Å². The lowest BCUT2D eigenvalue weighted by molar-refractivity contribution is 0.00652. The third-order valence-corrected chi connectivity index (χ3v) is 1.95. The Morgan fingerprint density at radius 2 is 2.23 bits per heavy atom. The fourth-order valence-electron chi connectivity index (χ4n) is 1.13. The lowest BCUT2D eigenvalue weighted by Gasteiger charge is -2.26. The van der Waals surface area contributed by atoms with Crippen LogP contribution in [-0.2, 0) is 9.57 Å². The van der Waals surface area contributed by atoms with Crippen LogP contribution in [0, 0.1) is 0 Å². The Morgan fingerprint density at radius 3 is 2.92 bits per heavy atom. The van der Waals surface area contributed by atoms with Crippen molar-refractivity contribution < 1.29 is 9.57 Å². The van der Waals surface area contributed by atoms with E-state index in [1.807, 2.05) is 0 Å². The van der Waals surface area contributed by atoms with Crippen molar-refractivity contribution in [1.82, 2.24) is 10.4 Å². The highest BCUT2D eigenvalue weighted by Gasteiger charge is 2.08. The largest absolute Gasteiger partial charge is 0.379 e. The number of hydrogen-bond acceptors (Lipinski definition) is 4. The van der Waals surface area contributed by atoms with Crippen LogP contribution < -0.4 is 5.48 Å². The Morgan fingerprint density at radius 1 is 1.46 bits per heavy atom. The maximum atomic E-state index is 5.28. The van der Waals surface area contributed by atoms with E-state index in [2.05, 4.69) is 10.4 Å². The number of nitrogens with one attached hydrogen (secondary N) is 1. The second kappa shape index (κ2) is 7.15. The molecule has 1 fully saturated rings. The van der Waals surface area contributed by atoms with Gasteiger partial charge in [0.2, 0.25) is 0 Å². The van der Waals surface area contributed by atoms with Crippen LogP contribution in [-0.4, -0.2) is 44.4 Å². The molecule has 1 aliphatic rings. The molecule has 0 aromatic carbocycles. The summed E-state index contributed by atoms with van der Waals surface area (Å²) in [5.41, 5.74) is 3.97. The van der Waals surface area contributed by atoms with Gasteiger partial charge in [0.15, 0.2) is 0 Å². The standard InChI is InChI=1S/C8H15ClN2O2/c9-1-2-10-13-8-5-11-3-6-12-7-4-11/h1-2,10H,3-8H2. The second-order valence-corrected chi connectivity index (χ2v) is 2.96. The van der Waals surface area contributed by atoms with Crippen molar-refractivity contribution in [3.05, 3.63) is 11.7 Å². The number of halogens is 1. The quantitative estimate of drug-likeness (QED) is 0.526. The number of hydrogen-bond donors (Lipinski definition) is 1. The molecule has 1 N–H and O–H groups in total. The van der Waals surface area contributed by atoms with Gasteiger partial charge in [-0.25, -0.2) is 0 Å². The average molecular weight is 207 g/mol. The molecule has 0 aliphatic carbocycles. The van der Waals surface area contributed by atoms with Crippen molar-refractivity contribution >= 4 is 11.6 Å². The zero-order valence-corrected chi connectivity index (χ0v) is 8.29. The van der Waals surface area contributed by atoms with Crippen molar-refractivity contribution in [2.45, 2.75) is 0 Å². The maximum Gasteiger partial charge on any atom is 0.0872 e. The van der Waals surface area contributed by atoms with E-state index in [9.17, 15) is 0 Å². The summed E-state index contributed by atoms with van der Waals surface area (Å²) in [4.78, 5) is 7.37. The minimum atomic E-state index is 0.654. The normalized spacial score (nSPS) is 19.5. The van der Waals surface area contributed by atoms with Gasteiger partial charge in [-0.15, -0.1) is 0 Å². The first-order valence-electron chi connectivity index (χ1n) is 4.36. The minimum absolute atomic E-state index is 0.654. The monoisotopic (exact) mass is 206 g/mol. The van der Waals surface area contributed by atoms with E-state index in [0.717, 1.165) is 32.8 Å². The van der Waals surface area contributed by atoms with E-state index >= 15 is 0 Å². The summed E-state index contributed by atoms with van der Waals surface area (Å²) in [5, 5.41) is 0. The number of hydroxylamine groups is 1. The van der Waals surface area contributed by atoms with E-state index in [0.29, 0.717) is 6.61 Å². The SMILES string of the molecule is ClC=CNOCCN1CCOCC1. The molecule has 0 aromatic rings. The van der Waals surface area contributed by atoms with Crippen LogP contribution in [0.5, 0.6) is 0 Å². The third kappa shape index (κ3) is 5.10. The molecule has 1 saturated heterocycles. The van der Waals surface area contributed by atoms with Gasteiger partial charge in [-0.05, 0) is 0 Å². The maximum absolute atomic E-state index is 5.28. The Balaban J connectivity index is 1.92. The van der Waals surface area contributed by atoms with Crippen LogP contribution in [0.2, 0.25) is 0 Å². The first kappa shape index (κ1) is 10.8. The molecule has 1 rings (SSSR count). The molecule has 0 radical (unpaired) electrons. The molecule has 0 atom stereocenters. The predicted molar refractivity (Wildman–Crippen MR) is 51.3 cm³/mol. The van der Waals surface area contributed by atoms with Crippen LogP contribution >= 0.6 is 11.6 Å². The highest BCUT2D eigenvalue weighted by Crippen LogP contribution is 1.95. The molecule has 0 saturated carbocycles. The van der Waals surface area contributed by atoms with E-state index in [-0.39, 0.29) is 0 Å². The van der Waals surface area contributed by atoms with Crippen molar-refractivity contribution in [3.8, 4) is 0 Å². The number of ether oxygens (including phenoxy) is 1. The molecule has 1 aliphatic heterocycles. The van der Waals surface area contributed by atoms with Gasteiger partial charge in [0.05, 0.1) is 19.8 Å². The minimum Gasteiger partial charge on any atom is -0.379 e. The summed E-state index contributed by atoms with van der Waals surface area (Å²) >= 11 is 5.28. The topological polar surface area (TPSA) is 33.7 Å².